The van der Waals surface area contributed by atoms with E-state index in [4.69, 9.17) is 22.1 Å². The third-order valence-corrected chi connectivity index (χ3v) is 3.72. The number of carbonyl (C=O) groups excluding carboxylic acids is 1. The molecular formula is C15H14ClIN2O2. The molecule has 6 heteroatoms. The average Bonchev–Trinajstić information content (AvgIpc) is 2.45. The number of hydrogen-bond acceptors (Lipinski definition) is 3. The molecule has 1 atom stereocenters. The molecule has 1 amide bonds. The molecule has 4 nitrogen and oxygen atoms in total. The Labute approximate surface area is 141 Å². The van der Waals surface area contributed by atoms with Gasteiger partial charge in [-0.1, -0.05) is 11.6 Å². The molecule has 1 unspecified atom stereocenters. The smallest absolute Gasteiger partial charge is 0.265 e. The second kappa shape index (κ2) is 7.00. The molecule has 110 valence electrons. The van der Waals surface area contributed by atoms with E-state index in [0.29, 0.717) is 22.1 Å². The Morgan fingerprint density at radius 1 is 1.29 bits per heavy atom. The maximum atomic E-state index is 12.1. The van der Waals surface area contributed by atoms with E-state index in [2.05, 4.69) is 27.9 Å². The Morgan fingerprint density at radius 3 is 2.62 bits per heavy atom. The van der Waals surface area contributed by atoms with E-state index in [1.807, 2.05) is 24.3 Å². The maximum absolute atomic E-state index is 12.1. The van der Waals surface area contributed by atoms with Crippen molar-refractivity contribution in [2.24, 2.45) is 0 Å². The first kappa shape index (κ1) is 15.9. The van der Waals surface area contributed by atoms with E-state index in [-0.39, 0.29) is 5.91 Å². The molecule has 0 aliphatic rings. The molecule has 0 heterocycles. The fourth-order valence-electron chi connectivity index (χ4n) is 1.64. The highest BCUT2D eigenvalue weighted by molar-refractivity contribution is 14.1. The van der Waals surface area contributed by atoms with Gasteiger partial charge in [-0.2, -0.15) is 0 Å². The highest BCUT2D eigenvalue weighted by atomic mass is 127. The van der Waals surface area contributed by atoms with Crippen LogP contribution >= 0.6 is 34.2 Å². The van der Waals surface area contributed by atoms with Gasteiger partial charge in [0.25, 0.3) is 5.91 Å². The first-order valence-corrected chi connectivity index (χ1v) is 7.69. The Hall–Kier alpha value is -1.47. The fraction of sp³-hybridized carbons (Fsp3) is 0.133. The number of rotatable bonds is 4. The maximum Gasteiger partial charge on any atom is 0.265 e. The molecule has 0 aromatic heterocycles. The van der Waals surface area contributed by atoms with Crippen LogP contribution in [-0.4, -0.2) is 12.0 Å². The number of anilines is 2. The van der Waals surface area contributed by atoms with Gasteiger partial charge < -0.3 is 15.8 Å². The number of nitrogens with two attached hydrogens (primary N) is 1. The number of benzene rings is 2. The Kier molecular flexibility index (Phi) is 5.30. The van der Waals surface area contributed by atoms with Crippen LogP contribution in [0.5, 0.6) is 5.75 Å². The van der Waals surface area contributed by atoms with Gasteiger partial charge in [0.15, 0.2) is 6.10 Å². The standard InChI is InChI=1S/C15H14ClIN2O2/c1-9(21-12-5-3-11(17)4-6-12)15(20)19-14-8-10(16)2-7-13(14)18/h2-9H,18H2,1H3,(H,19,20). The molecule has 0 saturated heterocycles. The van der Waals surface area contributed by atoms with Gasteiger partial charge in [0, 0.05) is 8.59 Å². The van der Waals surface area contributed by atoms with Crippen LogP contribution in [0.4, 0.5) is 11.4 Å². The van der Waals surface area contributed by atoms with Gasteiger partial charge in [0.2, 0.25) is 0 Å². The van der Waals surface area contributed by atoms with Gasteiger partial charge in [-0.05, 0) is 72.0 Å². The summed E-state index contributed by atoms with van der Waals surface area (Å²) in [5, 5.41) is 3.21. The van der Waals surface area contributed by atoms with Crippen molar-refractivity contribution in [1.82, 2.24) is 0 Å². The summed E-state index contributed by atoms with van der Waals surface area (Å²) < 4.78 is 6.68. The van der Waals surface area contributed by atoms with Gasteiger partial charge in [-0.15, -0.1) is 0 Å². The molecule has 2 aromatic rings. The molecule has 0 aliphatic carbocycles. The molecule has 2 rings (SSSR count). The van der Waals surface area contributed by atoms with E-state index < -0.39 is 6.10 Å². The van der Waals surface area contributed by atoms with E-state index in [1.54, 1.807) is 25.1 Å². The van der Waals surface area contributed by atoms with Crippen molar-refractivity contribution in [1.29, 1.82) is 0 Å². The van der Waals surface area contributed by atoms with Crippen molar-refractivity contribution in [3.05, 3.63) is 51.1 Å². The van der Waals surface area contributed by atoms with Crippen LogP contribution in [0.1, 0.15) is 6.92 Å². The van der Waals surface area contributed by atoms with E-state index in [0.717, 1.165) is 3.57 Å². The van der Waals surface area contributed by atoms with Crippen molar-refractivity contribution >= 4 is 51.5 Å². The van der Waals surface area contributed by atoms with Crippen molar-refractivity contribution in [3.8, 4) is 5.75 Å². The first-order valence-electron chi connectivity index (χ1n) is 6.24. The molecule has 0 radical (unpaired) electrons. The number of nitrogen functional groups attached to an aromatic ring is 1. The average molecular weight is 417 g/mol. The second-order valence-electron chi connectivity index (χ2n) is 4.43. The molecule has 0 saturated carbocycles. The van der Waals surface area contributed by atoms with Crippen LogP contribution < -0.4 is 15.8 Å². The third-order valence-electron chi connectivity index (χ3n) is 2.77. The van der Waals surface area contributed by atoms with E-state index in [1.165, 1.54) is 0 Å². The lowest BCUT2D eigenvalue weighted by atomic mass is 10.2. The minimum absolute atomic E-state index is 0.289. The van der Waals surface area contributed by atoms with Crippen molar-refractivity contribution in [2.75, 3.05) is 11.1 Å². The predicted molar refractivity (Wildman–Crippen MR) is 93.7 cm³/mol. The summed E-state index contributed by atoms with van der Waals surface area (Å²) in [6, 6.07) is 12.4. The summed E-state index contributed by atoms with van der Waals surface area (Å²) in [5.74, 6) is 0.347. The highest BCUT2D eigenvalue weighted by Gasteiger charge is 2.16. The molecule has 21 heavy (non-hydrogen) atoms. The van der Waals surface area contributed by atoms with Crippen molar-refractivity contribution < 1.29 is 9.53 Å². The van der Waals surface area contributed by atoms with Gasteiger partial charge >= 0.3 is 0 Å². The Morgan fingerprint density at radius 2 is 1.95 bits per heavy atom. The highest BCUT2D eigenvalue weighted by Crippen LogP contribution is 2.23. The minimum atomic E-state index is -0.650. The number of carbonyl (C=O) groups is 1. The zero-order valence-corrected chi connectivity index (χ0v) is 14.2. The zero-order chi connectivity index (χ0) is 15.4. The monoisotopic (exact) mass is 416 g/mol. The van der Waals surface area contributed by atoms with Gasteiger partial charge in [0.1, 0.15) is 5.75 Å². The van der Waals surface area contributed by atoms with Crippen LogP contribution in [0.25, 0.3) is 0 Å². The van der Waals surface area contributed by atoms with Gasteiger partial charge in [-0.25, -0.2) is 0 Å². The van der Waals surface area contributed by atoms with E-state index >= 15 is 0 Å². The molecule has 2 aromatic carbocycles. The lowest BCUT2D eigenvalue weighted by Gasteiger charge is -2.15. The molecule has 0 bridgehead atoms. The minimum Gasteiger partial charge on any atom is -0.481 e. The number of halogens is 2. The number of hydrogen-bond donors (Lipinski definition) is 2. The SMILES string of the molecule is CC(Oc1ccc(I)cc1)C(=O)Nc1cc(Cl)ccc1N. The topological polar surface area (TPSA) is 64.3 Å². The Balaban J connectivity index is 2.02. The Bertz CT molecular complexity index is 647. The van der Waals surface area contributed by atoms with Gasteiger partial charge in [-0.3, -0.25) is 4.79 Å². The molecule has 3 N–H and O–H groups in total. The summed E-state index contributed by atoms with van der Waals surface area (Å²) >= 11 is 8.09. The van der Waals surface area contributed by atoms with E-state index in [9.17, 15) is 4.79 Å². The number of nitrogens with one attached hydrogen (secondary N) is 1. The fourth-order valence-corrected chi connectivity index (χ4v) is 2.17. The molecule has 0 spiro atoms. The quantitative estimate of drug-likeness (QED) is 0.586. The summed E-state index contributed by atoms with van der Waals surface area (Å²) in [6.07, 6.45) is -0.650. The predicted octanol–water partition coefficient (Wildman–Crippen LogP) is 3.93. The largest absolute Gasteiger partial charge is 0.481 e. The molecular weight excluding hydrogens is 403 g/mol. The number of ether oxygens (including phenoxy) is 1. The lowest BCUT2D eigenvalue weighted by molar-refractivity contribution is -0.122. The lowest BCUT2D eigenvalue weighted by Crippen LogP contribution is -2.30. The summed E-state index contributed by atoms with van der Waals surface area (Å²) in [4.78, 5) is 12.1. The summed E-state index contributed by atoms with van der Waals surface area (Å²) in [6.45, 7) is 1.67. The first-order chi connectivity index (χ1) is 9.95. The van der Waals surface area contributed by atoms with Crippen molar-refractivity contribution in [3.63, 3.8) is 0 Å². The van der Waals surface area contributed by atoms with Crippen LogP contribution in [0, 0.1) is 3.57 Å². The summed E-state index contributed by atoms with van der Waals surface area (Å²) in [7, 11) is 0. The van der Waals surface area contributed by atoms with Gasteiger partial charge in [0.05, 0.1) is 11.4 Å². The van der Waals surface area contributed by atoms with Crippen LogP contribution in [0.2, 0.25) is 5.02 Å². The second-order valence-corrected chi connectivity index (χ2v) is 6.12. The van der Waals surface area contributed by atoms with Crippen LogP contribution in [0.3, 0.4) is 0 Å². The molecule has 0 aliphatic heterocycles. The third kappa shape index (κ3) is 4.50. The summed E-state index contributed by atoms with van der Waals surface area (Å²) in [5.41, 5.74) is 6.72. The zero-order valence-electron chi connectivity index (χ0n) is 11.3. The van der Waals surface area contributed by atoms with Crippen molar-refractivity contribution in [2.45, 2.75) is 13.0 Å². The number of amides is 1. The normalized spacial score (nSPS) is 11.8. The van der Waals surface area contributed by atoms with Crippen LogP contribution in [0.15, 0.2) is 42.5 Å². The molecule has 0 fully saturated rings. The van der Waals surface area contributed by atoms with Crippen LogP contribution in [-0.2, 0) is 4.79 Å².